The van der Waals surface area contributed by atoms with Crippen LogP contribution < -0.4 is 5.32 Å². The standard InChI is InChI=1S/C12H20F3NO3/c1-6-7(2)8(9(17)19-11(3,4)5)16-10(18)12(13,14)15/h7-8H,6H2,1-5H3,(H,16,18)/t7-,8-/m0/s1. The molecule has 0 radical (unpaired) electrons. The summed E-state index contributed by atoms with van der Waals surface area (Å²) >= 11 is 0. The average Bonchev–Trinajstić information content (AvgIpc) is 2.20. The van der Waals surface area contributed by atoms with Gasteiger partial charge in [0, 0.05) is 0 Å². The Morgan fingerprint density at radius 2 is 1.68 bits per heavy atom. The molecule has 2 atom stereocenters. The molecule has 0 fully saturated rings. The van der Waals surface area contributed by atoms with Gasteiger partial charge in [-0.3, -0.25) is 4.79 Å². The Labute approximate surface area is 110 Å². The molecule has 0 unspecified atom stereocenters. The third-order valence-electron chi connectivity index (χ3n) is 2.42. The van der Waals surface area contributed by atoms with Gasteiger partial charge >= 0.3 is 18.1 Å². The van der Waals surface area contributed by atoms with Gasteiger partial charge in [-0.15, -0.1) is 0 Å². The number of esters is 1. The quantitative estimate of drug-likeness (QED) is 0.806. The minimum absolute atomic E-state index is 0.433. The van der Waals surface area contributed by atoms with Gasteiger partial charge in [0.05, 0.1) is 0 Å². The fourth-order valence-electron chi connectivity index (χ4n) is 1.26. The number of amides is 1. The zero-order valence-corrected chi connectivity index (χ0v) is 11.7. The van der Waals surface area contributed by atoms with Gasteiger partial charge in [0.15, 0.2) is 0 Å². The first-order valence-electron chi connectivity index (χ1n) is 5.99. The van der Waals surface area contributed by atoms with Crippen LogP contribution in [-0.2, 0) is 14.3 Å². The first-order chi connectivity index (χ1) is 8.38. The number of halogens is 3. The molecule has 4 nitrogen and oxygen atoms in total. The molecule has 7 heteroatoms. The van der Waals surface area contributed by atoms with Crippen LogP contribution in [0.3, 0.4) is 0 Å². The number of ether oxygens (including phenoxy) is 1. The summed E-state index contributed by atoms with van der Waals surface area (Å²) in [4.78, 5) is 22.7. The molecule has 0 aliphatic rings. The van der Waals surface area contributed by atoms with Gasteiger partial charge in [0.1, 0.15) is 11.6 Å². The number of hydrogen-bond acceptors (Lipinski definition) is 3. The maximum atomic E-state index is 12.2. The molecule has 0 aliphatic heterocycles. The maximum absolute atomic E-state index is 12.2. The fraction of sp³-hybridized carbons (Fsp3) is 0.833. The minimum atomic E-state index is -5.02. The summed E-state index contributed by atoms with van der Waals surface area (Å²) < 4.78 is 41.7. The summed E-state index contributed by atoms with van der Waals surface area (Å²) in [6.07, 6.45) is -4.59. The first-order valence-corrected chi connectivity index (χ1v) is 5.99. The lowest BCUT2D eigenvalue weighted by Gasteiger charge is -2.27. The van der Waals surface area contributed by atoms with Gasteiger partial charge in [-0.25, -0.2) is 4.79 Å². The van der Waals surface area contributed by atoms with E-state index in [1.807, 2.05) is 0 Å². The Morgan fingerprint density at radius 1 is 1.21 bits per heavy atom. The third-order valence-corrected chi connectivity index (χ3v) is 2.42. The van der Waals surface area contributed by atoms with E-state index >= 15 is 0 Å². The highest BCUT2D eigenvalue weighted by Gasteiger charge is 2.42. The van der Waals surface area contributed by atoms with E-state index in [9.17, 15) is 22.8 Å². The van der Waals surface area contributed by atoms with E-state index in [-0.39, 0.29) is 0 Å². The van der Waals surface area contributed by atoms with Crippen molar-refractivity contribution in [2.24, 2.45) is 5.92 Å². The van der Waals surface area contributed by atoms with E-state index in [1.54, 1.807) is 39.9 Å². The summed E-state index contributed by atoms with van der Waals surface area (Å²) in [5.74, 6) is -3.45. The van der Waals surface area contributed by atoms with E-state index in [1.165, 1.54) is 0 Å². The highest BCUT2D eigenvalue weighted by molar-refractivity contribution is 5.87. The lowest BCUT2D eigenvalue weighted by atomic mass is 9.99. The molecule has 0 spiro atoms. The van der Waals surface area contributed by atoms with E-state index in [4.69, 9.17) is 4.74 Å². The Kier molecular flexibility index (Phi) is 5.83. The van der Waals surface area contributed by atoms with Crippen LogP contribution in [0.1, 0.15) is 41.0 Å². The van der Waals surface area contributed by atoms with Crippen molar-refractivity contribution in [3.05, 3.63) is 0 Å². The molecule has 0 bridgehead atoms. The summed E-state index contributed by atoms with van der Waals surface area (Å²) in [6, 6.07) is -1.31. The predicted molar refractivity (Wildman–Crippen MR) is 63.3 cm³/mol. The number of hydrogen-bond donors (Lipinski definition) is 1. The van der Waals surface area contributed by atoms with Crippen LogP contribution in [0.5, 0.6) is 0 Å². The summed E-state index contributed by atoms with van der Waals surface area (Å²) in [6.45, 7) is 8.09. The average molecular weight is 283 g/mol. The van der Waals surface area contributed by atoms with Gasteiger partial charge in [0.2, 0.25) is 0 Å². The zero-order chi connectivity index (χ0) is 15.4. The van der Waals surface area contributed by atoms with Gasteiger partial charge in [-0.2, -0.15) is 13.2 Å². The van der Waals surface area contributed by atoms with Crippen LogP contribution in [0, 0.1) is 5.92 Å². The molecule has 0 heterocycles. The second kappa shape index (κ2) is 6.25. The molecule has 0 aliphatic carbocycles. The molecule has 1 amide bonds. The molecule has 0 rings (SSSR count). The molecular weight excluding hydrogens is 263 g/mol. The Morgan fingerprint density at radius 3 is 2.00 bits per heavy atom. The monoisotopic (exact) mass is 283 g/mol. The van der Waals surface area contributed by atoms with E-state index in [0.29, 0.717) is 6.42 Å². The van der Waals surface area contributed by atoms with Gasteiger partial charge in [-0.05, 0) is 26.7 Å². The number of rotatable bonds is 4. The van der Waals surface area contributed by atoms with Gasteiger partial charge in [-0.1, -0.05) is 20.3 Å². The smallest absolute Gasteiger partial charge is 0.458 e. The van der Waals surface area contributed by atoms with Gasteiger partial charge < -0.3 is 10.1 Å². The Balaban J connectivity index is 4.93. The van der Waals surface area contributed by atoms with Crippen molar-refractivity contribution in [2.75, 3.05) is 0 Å². The first kappa shape index (κ1) is 17.7. The van der Waals surface area contributed by atoms with E-state index < -0.39 is 35.6 Å². The molecule has 0 aromatic rings. The van der Waals surface area contributed by atoms with Crippen molar-refractivity contribution in [1.29, 1.82) is 0 Å². The van der Waals surface area contributed by atoms with Crippen molar-refractivity contribution in [1.82, 2.24) is 5.32 Å². The van der Waals surface area contributed by atoms with E-state index in [2.05, 4.69) is 0 Å². The summed E-state index contributed by atoms with van der Waals surface area (Å²) in [7, 11) is 0. The van der Waals surface area contributed by atoms with Crippen molar-refractivity contribution >= 4 is 11.9 Å². The highest BCUT2D eigenvalue weighted by Crippen LogP contribution is 2.18. The molecule has 1 N–H and O–H groups in total. The topological polar surface area (TPSA) is 55.4 Å². The predicted octanol–water partition coefficient (Wildman–Crippen LogP) is 2.42. The second-order valence-electron chi connectivity index (χ2n) is 5.37. The molecule has 0 saturated carbocycles. The molecule has 112 valence electrons. The Hall–Kier alpha value is -1.27. The summed E-state index contributed by atoms with van der Waals surface area (Å²) in [5, 5.41) is 1.69. The molecular formula is C12H20F3NO3. The fourth-order valence-corrected chi connectivity index (χ4v) is 1.26. The number of alkyl halides is 3. The van der Waals surface area contributed by atoms with Crippen LogP contribution in [-0.4, -0.2) is 29.7 Å². The SMILES string of the molecule is CC[C@H](C)[C@H](NC(=O)C(F)(F)F)C(=O)OC(C)(C)C. The number of carbonyl (C=O) groups excluding carboxylic acids is 2. The Bertz CT molecular complexity index is 334. The van der Waals surface area contributed by atoms with Crippen LogP contribution in [0.25, 0.3) is 0 Å². The van der Waals surface area contributed by atoms with Crippen molar-refractivity contribution in [2.45, 2.75) is 58.9 Å². The third kappa shape index (κ3) is 6.45. The minimum Gasteiger partial charge on any atom is -0.458 e. The van der Waals surface area contributed by atoms with Crippen LogP contribution >= 0.6 is 0 Å². The van der Waals surface area contributed by atoms with Crippen molar-refractivity contribution in [3.63, 3.8) is 0 Å². The van der Waals surface area contributed by atoms with Gasteiger partial charge in [0.25, 0.3) is 0 Å². The van der Waals surface area contributed by atoms with Crippen molar-refractivity contribution in [3.8, 4) is 0 Å². The molecule has 0 aromatic carbocycles. The molecule has 0 saturated heterocycles. The molecule has 19 heavy (non-hydrogen) atoms. The number of nitrogens with one attached hydrogen (secondary N) is 1. The normalized spacial score (nSPS) is 15.6. The second-order valence-corrected chi connectivity index (χ2v) is 5.37. The largest absolute Gasteiger partial charge is 0.471 e. The van der Waals surface area contributed by atoms with Crippen LogP contribution in [0.2, 0.25) is 0 Å². The zero-order valence-electron chi connectivity index (χ0n) is 11.7. The maximum Gasteiger partial charge on any atom is 0.471 e. The van der Waals surface area contributed by atoms with Crippen molar-refractivity contribution < 1.29 is 27.5 Å². The molecule has 0 aromatic heterocycles. The van der Waals surface area contributed by atoms with Crippen LogP contribution in [0.4, 0.5) is 13.2 Å². The van der Waals surface area contributed by atoms with Crippen LogP contribution in [0.15, 0.2) is 0 Å². The number of carbonyl (C=O) groups is 2. The lowest BCUT2D eigenvalue weighted by molar-refractivity contribution is -0.178. The lowest BCUT2D eigenvalue weighted by Crippen LogP contribution is -2.51. The highest BCUT2D eigenvalue weighted by atomic mass is 19.4. The summed E-state index contributed by atoms with van der Waals surface area (Å²) in [5.41, 5.74) is -0.828. The van der Waals surface area contributed by atoms with E-state index in [0.717, 1.165) is 0 Å².